The molecular weight excluding hydrogens is 180 g/mol. The number of nitrogens with zero attached hydrogens (tertiary/aromatic N) is 2. The van der Waals surface area contributed by atoms with Crippen molar-refractivity contribution in [1.82, 2.24) is 9.55 Å². The van der Waals surface area contributed by atoms with Crippen LogP contribution in [0.5, 0.6) is 0 Å². The fraction of sp³-hybridized carbons (Fsp3) is 0.600. The summed E-state index contributed by atoms with van der Waals surface area (Å²) >= 11 is 0. The molecule has 1 fully saturated rings. The maximum Gasteiger partial charge on any atom is 0.303 e. The molecule has 4 nitrogen and oxygen atoms in total. The van der Waals surface area contributed by atoms with Gasteiger partial charge in [-0.2, -0.15) is 0 Å². The minimum absolute atomic E-state index is 0.279. The largest absolute Gasteiger partial charge is 0.481 e. The van der Waals surface area contributed by atoms with Gasteiger partial charge in [0.2, 0.25) is 0 Å². The molecule has 0 bridgehead atoms. The Balaban J connectivity index is 2.07. The molecule has 2 rings (SSSR count). The fourth-order valence-corrected chi connectivity index (χ4v) is 2.34. The van der Waals surface area contributed by atoms with Crippen molar-refractivity contribution in [2.24, 2.45) is 5.92 Å². The highest BCUT2D eigenvalue weighted by atomic mass is 16.4. The number of hydrogen-bond donors (Lipinski definition) is 1. The lowest BCUT2D eigenvalue weighted by Crippen LogP contribution is -2.15. The molecule has 1 heterocycles. The molecular formula is C10H14N2O2. The summed E-state index contributed by atoms with van der Waals surface area (Å²) in [5.41, 5.74) is 0. The average molecular weight is 194 g/mol. The number of hydrogen-bond acceptors (Lipinski definition) is 2. The van der Waals surface area contributed by atoms with Gasteiger partial charge in [-0.05, 0) is 18.8 Å². The zero-order valence-electron chi connectivity index (χ0n) is 7.97. The van der Waals surface area contributed by atoms with Gasteiger partial charge >= 0.3 is 5.97 Å². The molecule has 0 amide bonds. The van der Waals surface area contributed by atoms with Crippen LogP contribution in [0.3, 0.4) is 0 Å². The zero-order chi connectivity index (χ0) is 9.97. The Morgan fingerprint density at radius 1 is 1.57 bits per heavy atom. The summed E-state index contributed by atoms with van der Waals surface area (Å²) in [7, 11) is 0. The SMILES string of the molecule is O=C(O)CC1CCCC1n1ccnc1. The topological polar surface area (TPSA) is 55.1 Å². The predicted octanol–water partition coefficient (Wildman–Crippen LogP) is 1.70. The number of rotatable bonds is 3. The van der Waals surface area contributed by atoms with Crippen LogP contribution in [0.1, 0.15) is 31.7 Å². The van der Waals surface area contributed by atoms with Crippen molar-refractivity contribution in [2.45, 2.75) is 31.7 Å². The maximum absolute atomic E-state index is 10.6. The van der Waals surface area contributed by atoms with Crippen LogP contribution in [0.15, 0.2) is 18.7 Å². The summed E-state index contributed by atoms with van der Waals surface area (Å²) in [6, 6.07) is 0.341. The van der Waals surface area contributed by atoms with Gasteiger partial charge in [0.15, 0.2) is 0 Å². The second-order valence-corrected chi connectivity index (χ2v) is 3.87. The molecule has 1 saturated carbocycles. The molecule has 1 aliphatic rings. The minimum atomic E-state index is -0.693. The smallest absolute Gasteiger partial charge is 0.303 e. The lowest BCUT2D eigenvalue weighted by molar-refractivity contribution is -0.138. The van der Waals surface area contributed by atoms with Crippen LogP contribution < -0.4 is 0 Å². The standard InChI is InChI=1S/C10H14N2O2/c13-10(14)6-8-2-1-3-9(8)12-5-4-11-7-12/h4-5,7-9H,1-3,6H2,(H,13,14). The van der Waals surface area contributed by atoms with Crippen LogP contribution in [0.2, 0.25) is 0 Å². The van der Waals surface area contributed by atoms with E-state index in [9.17, 15) is 4.79 Å². The van der Waals surface area contributed by atoms with E-state index in [0.29, 0.717) is 6.04 Å². The summed E-state index contributed by atoms with van der Waals surface area (Å²) in [6.07, 6.45) is 8.96. The number of aromatic nitrogens is 2. The van der Waals surface area contributed by atoms with Gasteiger partial charge in [0.1, 0.15) is 0 Å². The number of aliphatic carboxylic acids is 1. The molecule has 2 unspecified atom stereocenters. The molecule has 76 valence electrons. The Morgan fingerprint density at radius 2 is 2.43 bits per heavy atom. The molecule has 1 aromatic rings. The third-order valence-corrected chi connectivity index (χ3v) is 2.96. The van der Waals surface area contributed by atoms with E-state index in [-0.39, 0.29) is 12.3 Å². The molecule has 0 aromatic carbocycles. The van der Waals surface area contributed by atoms with E-state index in [1.165, 1.54) is 0 Å². The van der Waals surface area contributed by atoms with Crippen LogP contribution in [0, 0.1) is 5.92 Å². The third kappa shape index (κ3) is 1.78. The Bertz CT molecular complexity index is 308. The van der Waals surface area contributed by atoms with Crippen LogP contribution in [0.25, 0.3) is 0 Å². The first-order chi connectivity index (χ1) is 6.77. The number of imidazole rings is 1. The van der Waals surface area contributed by atoms with Crippen molar-refractivity contribution in [1.29, 1.82) is 0 Å². The molecule has 0 spiro atoms. The first-order valence-corrected chi connectivity index (χ1v) is 4.96. The minimum Gasteiger partial charge on any atom is -0.481 e. The summed E-state index contributed by atoms with van der Waals surface area (Å²) in [5.74, 6) is -0.413. The lowest BCUT2D eigenvalue weighted by atomic mass is 10.00. The van der Waals surface area contributed by atoms with E-state index in [1.54, 1.807) is 12.5 Å². The third-order valence-electron chi connectivity index (χ3n) is 2.96. The Morgan fingerprint density at radius 3 is 3.07 bits per heavy atom. The van der Waals surface area contributed by atoms with Crippen LogP contribution in [-0.2, 0) is 4.79 Å². The molecule has 1 N–H and O–H groups in total. The van der Waals surface area contributed by atoms with Crippen molar-refractivity contribution in [3.05, 3.63) is 18.7 Å². The van der Waals surface area contributed by atoms with Gasteiger partial charge in [-0.25, -0.2) is 4.98 Å². The van der Waals surface area contributed by atoms with E-state index in [2.05, 4.69) is 4.98 Å². The van der Waals surface area contributed by atoms with Crippen molar-refractivity contribution < 1.29 is 9.90 Å². The second-order valence-electron chi connectivity index (χ2n) is 3.87. The summed E-state index contributed by atoms with van der Waals surface area (Å²) in [5, 5.41) is 8.76. The molecule has 0 radical (unpaired) electrons. The molecule has 4 heteroatoms. The van der Waals surface area contributed by atoms with E-state index >= 15 is 0 Å². The molecule has 14 heavy (non-hydrogen) atoms. The number of carboxylic acid groups (broad SMARTS) is 1. The fourth-order valence-electron chi connectivity index (χ4n) is 2.34. The first kappa shape index (κ1) is 9.24. The molecule has 0 aliphatic heterocycles. The molecule has 0 saturated heterocycles. The Hall–Kier alpha value is -1.32. The normalized spacial score (nSPS) is 26.6. The van der Waals surface area contributed by atoms with Gasteiger partial charge in [0.25, 0.3) is 0 Å². The number of carbonyl (C=O) groups is 1. The van der Waals surface area contributed by atoms with Crippen LogP contribution in [-0.4, -0.2) is 20.6 Å². The van der Waals surface area contributed by atoms with Crippen molar-refractivity contribution in [3.63, 3.8) is 0 Å². The lowest BCUT2D eigenvalue weighted by Gasteiger charge is -2.18. The van der Waals surface area contributed by atoms with Gasteiger partial charge in [0.05, 0.1) is 12.7 Å². The van der Waals surface area contributed by atoms with Gasteiger partial charge in [-0.15, -0.1) is 0 Å². The van der Waals surface area contributed by atoms with Crippen molar-refractivity contribution in [3.8, 4) is 0 Å². The van der Waals surface area contributed by atoms with E-state index in [1.807, 2.05) is 10.8 Å². The van der Waals surface area contributed by atoms with Gasteiger partial charge < -0.3 is 9.67 Å². The van der Waals surface area contributed by atoms with Gasteiger partial charge in [0, 0.05) is 18.4 Å². The second kappa shape index (κ2) is 3.82. The van der Waals surface area contributed by atoms with Gasteiger partial charge in [-0.1, -0.05) is 6.42 Å². The molecule has 2 atom stereocenters. The zero-order valence-corrected chi connectivity index (χ0v) is 7.97. The monoisotopic (exact) mass is 194 g/mol. The highest BCUT2D eigenvalue weighted by molar-refractivity contribution is 5.67. The Labute approximate surface area is 82.6 Å². The summed E-state index contributed by atoms with van der Waals surface area (Å²) in [4.78, 5) is 14.6. The summed E-state index contributed by atoms with van der Waals surface area (Å²) < 4.78 is 2.04. The predicted molar refractivity (Wildman–Crippen MR) is 50.9 cm³/mol. The average Bonchev–Trinajstić information content (AvgIpc) is 2.70. The Kier molecular flexibility index (Phi) is 2.52. The van der Waals surface area contributed by atoms with Crippen molar-refractivity contribution in [2.75, 3.05) is 0 Å². The van der Waals surface area contributed by atoms with Crippen LogP contribution in [0.4, 0.5) is 0 Å². The van der Waals surface area contributed by atoms with Gasteiger partial charge in [-0.3, -0.25) is 4.79 Å². The molecule has 1 aliphatic carbocycles. The number of carboxylic acids is 1. The van der Waals surface area contributed by atoms with Crippen molar-refractivity contribution >= 4 is 5.97 Å². The van der Waals surface area contributed by atoms with E-state index in [4.69, 9.17) is 5.11 Å². The first-order valence-electron chi connectivity index (χ1n) is 4.96. The highest BCUT2D eigenvalue weighted by Gasteiger charge is 2.29. The van der Waals surface area contributed by atoms with E-state index in [0.717, 1.165) is 19.3 Å². The van der Waals surface area contributed by atoms with E-state index < -0.39 is 5.97 Å². The van der Waals surface area contributed by atoms with Crippen LogP contribution >= 0.6 is 0 Å². The molecule has 1 aromatic heterocycles. The highest BCUT2D eigenvalue weighted by Crippen LogP contribution is 2.37. The quantitative estimate of drug-likeness (QED) is 0.796. The maximum atomic E-state index is 10.6. The summed E-state index contributed by atoms with van der Waals surface area (Å²) in [6.45, 7) is 0.